The standard InChI is InChI=1S/C24H32N2O6/c1-23(2,3)32-22(30)26-24(4,5)19(21(29)31-6)25-20(28)16-10-7-15(8-11-16)9-12-17-13-18(17)14-27/h7-8,10-11,17-19,27H,13-14H2,1-6H3,(H,25,28)(H,26,30). The first kappa shape index (κ1) is 25.2. The summed E-state index contributed by atoms with van der Waals surface area (Å²) >= 11 is 0. The molecule has 0 bridgehead atoms. The topological polar surface area (TPSA) is 114 Å². The van der Waals surface area contributed by atoms with Gasteiger partial charge in [-0.2, -0.15) is 0 Å². The lowest BCUT2D eigenvalue weighted by Crippen LogP contribution is -2.62. The molecular weight excluding hydrogens is 412 g/mol. The van der Waals surface area contributed by atoms with Gasteiger partial charge in [0.2, 0.25) is 0 Å². The Morgan fingerprint density at radius 2 is 1.78 bits per heavy atom. The molecule has 1 aromatic rings. The molecule has 0 heterocycles. The lowest BCUT2D eigenvalue weighted by Gasteiger charge is -2.34. The van der Waals surface area contributed by atoms with Gasteiger partial charge >= 0.3 is 12.1 Å². The number of rotatable bonds is 6. The van der Waals surface area contributed by atoms with Crippen molar-refractivity contribution in [1.29, 1.82) is 0 Å². The second-order valence-corrected chi connectivity index (χ2v) is 9.41. The second-order valence-electron chi connectivity index (χ2n) is 9.41. The first-order valence-corrected chi connectivity index (χ1v) is 10.5. The lowest BCUT2D eigenvalue weighted by atomic mass is 9.94. The molecule has 0 radical (unpaired) electrons. The van der Waals surface area contributed by atoms with Gasteiger partial charge in [-0.25, -0.2) is 9.59 Å². The molecule has 0 saturated heterocycles. The number of nitrogens with one attached hydrogen (secondary N) is 2. The van der Waals surface area contributed by atoms with E-state index in [0.717, 1.165) is 12.0 Å². The number of ether oxygens (including phenoxy) is 2. The molecule has 1 saturated carbocycles. The van der Waals surface area contributed by atoms with E-state index in [-0.39, 0.29) is 18.4 Å². The number of methoxy groups -OCH3 is 1. The minimum atomic E-state index is -1.19. The highest BCUT2D eigenvalue weighted by Gasteiger charge is 2.40. The molecule has 3 atom stereocenters. The summed E-state index contributed by atoms with van der Waals surface area (Å²) in [5.74, 6) is 5.44. The number of alkyl carbamates (subject to hydrolysis) is 1. The fourth-order valence-electron chi connectivity index (χ4n) is 3.01. The highest BCUT2D eigenvalue weighted by Crippen LogP contribution is 2.37. The molecule has 3 N–H and O–H groups in total. The SMILES string of the molecule is COC(=O)C(NC(=O)c1ccc(C#CC2CC2CO)cc1)C(C)(C)NC(=O)OC(C)(C)C. The molecule has 1 aliphatic rings. The molecule has 8 nitrogen and oxygen atoms in total. The minimum Gasteiger partial charge on any atom is -0.467 e. The van der Waals surface area contributed by atoms with Gasteiger partial charge in [0.05, 0.1) is 12.6 Å². The predicted octanol–water partition coefficient (Wildman–Crippen LogP) is 2.24. The molecule has 1 aliphatic carbocycles. The Hall–Kier alpha value is -3.05. The average Bonchev–Trinajstić information content (AvgIpc) is 3.46. The van der Waals surface area contributed by atoms with Crippen LogP contribution in [0, 0.1) is 23.7 Å². The molecule has 1 aromatic carbocycles. The molecule has 174 valence electrons. The number of benzene rings is 1. The molecule has 32 heavy (non-hydrogen) atoms. The van der Waals surface area contributed by atoms with E-state index in [9.17, 15) is 14.4 Å². The molecule has 0 aromatic heterocycles. The Labute approximate surface area is 189 Å². The van der Waals surface area contributed by atoms with Gasteiger partial charge in [0.1, 0.15) is 11.6 Å². The van der Waals surface area contributed by atoms with E-state index in [1.54, 1.807) is 58.9 Å². The van der Waals surface area contributed by atoms with Gasteiger partial charge in [-0.15, -0.1) is 0 Å². The van der Waals surface area contributed by atoms with Crippen LogP contribution in [0.4, 0.5) is 4.79 Å². The summed E-state index contributed by atoms with van der Waals surface area (Å²) in [5, 5.41) is 14.3. The van der Waals surface area contributed by atoms with Gasteiger partial charge in [-0.05, 0) is 71.2 Å². The van der Waals surface area contributed by atoms with Gasteiger partial charge in [0, 0.05) is 23.7 Å². The van der Waals surface area contributed by atoms with Crippen molar-refractivity contribution in [2.45, 2.75) is 58.2 Å². The van der Waals surface area contributed by atoms with Crippen LogP contribution < -0.4 is 10.6 Å². The molecule has 0 aliphatic heterocycles. The molecule has 8 heteroatoms. The first-order chi connectivity index (χ1) is 14.9. The summed E-state index contributed by atoms with van der Waals surface area (Å²) in [7, 11) is 1.21. The van der Waals surface area contributed by atoms with Crippen LogP contribution in [0.3, 0.4) is 0 Å². The molecule has 2 amide bonds. The summed E-state index contributed by atoms with van der Waals surface area (Å²) in [4.78, 5) is 37.4. The summed E-state index contributed by atoms with van der Waals surface area (Å²) in [5.41, 5.74) is -0.823. The van der Waals surface area contributed by atoms with Gasteiger partial charge in [-0.1, -0.05) is 11.8 Å². The van der Waals surface area contributed by atoms with Crippen LogP contribution in [0.2, 0.25) is 0 Å². The number of hydrogen-bond donors (Lipinski definition) is 3. The fourth-order valence-corrected chi connectivity index (χ4v) is 3.01. The van der Waals surface area contributed by atoms with Crippen LogP contribution in [0.25, 0.3) is 0 Å². The Balaban J connectivity index is 2.08. The number of carbonyl (C=O) groups is 3. The van der Waals surface area contributed by atoms with Crippen LogP contribution >= 0.6 is 0 Å². The van der Waals surface area contributed by atoms with E-state index in [1.807, 2.05) is 0 Å². The summed E-state index contributed by atoms with van der Waals surface area (Å²) < 4.78 is 10.1. The average molecular weight is 445 g/mol. The van der Waals surface area contributed by atoms with E-state index in [2.05, 4.69) is 22.5 Å². The second kappa shape index (κ2) is 10.0. The van der Waals surface area contributed by atoms with E-state index >= 15 is 0 Å². The summed E-state index contributed by atoms with van der Waals surface area (Å²) in [6.07, 6.45) is 0.194. The number of hydrogen-bond acceptors (Lipinski definition) is 6. The fraction of sp³-hybridized carbons (Fsp3) is 0.542. The molecule has 3 unspecified atom stereocenters. The third-order valence-corrected chi connectivity index (χ3v) is 4.96. The molecule has 1 fully saturated rings. The van der Waals surface area contributed by atoms with Crippen LogP contribution in [-0.2, 0) is 14.3 Å². The van der Waals surface area contributed by atoms with Crippen molar-refractivity contribution in [2.75, 3.05) is 13.7 Å². The molecular formula is C24H32N2O6. The van der Waals surface area contributed by atoms with Crippen molar-refractivity contribution in [3.05, 3.63) is 35.4 Å². The largest absolute Gasteiger partial charge is 0.467 e. The molecule has 2 rings (SSSR count). The van der Waals surface area contributed by atoms with Crippen molar-refractivity contribution in [2.24, 2.45) is 11.8 Å². The number of carbonyl (C=O) groups excluding carboxylic acids is 3. The van der Waals surface area contributed by atoms with Crippen molar-refractivity contribution < 1.29 is 29.0 Å². The zero-order valence-corrected chi connectivity index (χ0v) is 19.4. The lowest BCUT2D eigenvalue weighted by molar-refractivity contribution is -0.144. The smallest absolute Gasteiger partial charge is 0.408 e. The zero-order chi connectivity index (χ0) is 24.1. The van der Waals surface area contributed by atoms with Crippen molar-refractivity contribution in [3.63, 3.8) is 0 Å². The maximum absolute atomic E-state index is 12.8. The number of aliphatic hydroxyl groups excluding tert-OH is 1. The van der Waals surface area contributed by atoms with Crippen LogP contribution in [0.15, 0.2) is 24.3 Å². The van der Waals surface area contributed by atoms with E-state index in [4.69, 9.17) is 14.6 Å². The minimum absolute atomic E-state index is 0.152. The number of esters is 1. The van der Waals surface area contributed by atoms with Gasteiger partial charge in [0.15, 0.2) is 0 Å². The first-order valence-electron chi connectivity index (χ1n) is 10.5. The van der Waals surface area contributed by atoms with Crippen molar-refractivity contribution >= 4 is 18.0 Å². The van der Waals surface area contributed by atoms with E-state index in [0.29, 0.717) is 5.56 Å². The highest BCUT2D eigenvalue weighted by atomic mass is 16.6. The van der Waals surface area contributed by atoms with Gasteiger partial charge in [0.25, 0.3) is 5.91 Å². The number of aliphatic hydroxyl groups is 1. The van der Waals surface area contributed by atoms with Crippen molar-refractivity contribution in [3.8, 4) is 11.8 Å². The van der Waals surface area contributed by atoms with Crippen molar-refractivity contribution in [1.82, 2.24) is 10.6 Å². The number of amides is 2. The highest BCUT2D eigenvalue weighted by molar-refractivity contribution is 5.97. The zero-order valence-electron chi connectivity index (χ0n) is 19.4. The monoisotopic (exact) mass is 444 g/mol. The van der Waals surface area contributed by atoms with E-state index < -0.39 is 35.2 Å². The third-order valence-electron chi connectivity index (χ3n) is 4.96. The Morgan fingerprint density at radius 1 is 1.16 bits per heavy atom. The molecule has 0 spiro atoms. The van der Waals surface area contributed by atoms with E-state index in [1.165, 1.54) is 7.11 Å². The summed E-state index contributed by atoms with van der Waals surface area (Å²) in [6, 6.07) is 5.50. The maximum atomic E-state index is 12.8. The van der Waals surface area contributed by atoms with Gasteiger partial charge < -0.3 is 25.2 Å². The summed E-state index contributed by atoms with van der Waals surface area (Å²) in [6.45, 7) is 8.51. The predicted molar refractivity (Wildman–Crippen MR) is 119 cm³/mol. The van der Waals surface area contributed by atoms with Crippen LogP contribution in [-0.4, -0.2) is 54.0 Å². The Kier molecular flexibility index (Phi) is 7.92. The Bertz CT molecular complexity index is 905. The van der Waals surface area contributed by atoms with Crippen LogP contribution in [0.5, 0.6) is 0 Å². The van der Waals surface area contributed by atoms with Crippen LogP contribution in [0.1, 0.15) is 57.0 Å². The third kappa shape index (κ3) is 7.27. The Morgan fingerprint density at radius 3 is 2.28 bits per heavy atom. The van der Waals surface area contributed by atoms with Gasteiger partial charge in [-0.3, -0.25) is 4.79 Å². The quantitative estimate of drug-likeness (QED) is 0.458. The maximum Gasteiger partial charge on any atom is 0.408 e. The normalized spacial score (nSPS) is 18.5.